The number of benzene rings is 3. The van der Waals surface area contributed by atoms with E-state index >= 15 is 0 Å². The third kappa shape index (κ3) is 6.08. The van der Waals surface area contributed by atoms with Crippen LogP contribution < -0.4 is 10.2 Å². The molecule has 0 radical (unpaired) electrons. The highest BCUT2D eigenvalue weighted by Crippen LogP contribution is 2.14. The molecule has 6 heteroatoms. The van der Waals surface area contributed by atoms with Gasteiger partial charge in [-0.1, -0.05) is 23.7 Å². The summed E-state index contributed by atoms with van der Waals surface area (Å²) in [6.45, 7) is 0.515. The normalized spacial score (nSPS) is 10.7. The zero-order valence-corrected chi connectivity index (χ0v) is 17.1. The number of carbonyl (C=O) groups excluding carboxylic acids is 1. The molecule has 1 N–H and O–H groups in total. The molecule has 136 valence electrons. The quantitative estimate of drug-likeness (QED) is 0.290. The fraction of sp³-hybridized carbons (Fsp3) is 0.0476. The fourth-order valence-corrected chi connectivity index (χ4v) is 2.71. The summed E-state index contributed by atoms with van der Waals surface area (Å²) in [5, 5.41) is 4.56. The van der Waals surface area contributed by atoms with Gasteiger partial charge in [0.1, 0.15) is 12.4 Å². The lowest BCUT2D eigenvalue weighted by molar-refractivity contribution is 0.0955. The first-order valence-corrected chi connectivity index (χ1v) is 9.62. The van der Waals surface area contributed by atoms with E-state index in [1.54, 1.807) is 30.5 Å². The second-order valence-electron chi connectivity index (χ2n) is 5.69. The maximum atomic E-state index is 12.0. The highest BCUT2D eigenvalue weighted by molar-refractivity contribution is 14.1. The van der Waals surface area contributed by atoms with Crippen LogP contribution in [-0.2, 0) is 6.61 Å². The van der Waals surface area contributed by atoms with Crippen molar-refractivity contribution in [1.29, 1.82) is 0 Å². The van der Waals surface area contributed by atoms with Gasteiger partial charge >= 0.3 is 0 Å². The van der Waals surface area contributed by atoms with Crippen LogP contribution in [-0.4, -0.2) is 12.1 Å². The molecule has 0 spiro atoms. The van der Waals surface area contributed by atoms with E-state index in [1.807, 2.05) is 36.4 Å². The first kappa shape index (κ1) is 19.4. The maximum Gasteiger partial charge on any atom is 0.271 e. The molecule has 27 heavy (non-hydrogen) atoms. The molecule has 1 amide bonds. The molecule has 3 aromatic carbocycles. The van der Waals surface area contributed by atoms with E-state index in [9.17, 15) is 4.79 Å². The first-order chi connectivity index (χ1) is 13.1. The van der Waals surface area contributed by atoms with Gasteiger partial charge in [-0.3, -0.25) is 4.79 Å². The van der Waals surface area contributed by atoms with Crippen molar-refractivity contribution >= 4 is 46.3 Å². The molecule has 0 fully saturated rings. The van der Waals surface area contributed by atoms with E-state index < -0.39 is 0 Å². The van der Waals surface area contributed by atoms with Gasteiger partial charge in [-0.05, 0) is 94.4 Å². The van der Waals surface area contributed by atoms with Gasteiger partial charge in [-0.2, -0.15) is 5.10 Å². The number of nitrogens with zero attached hydrogens (tertiary/aromatic N) is 1. The number of carbonyl (C=O) groups is 1. The third-order valence-electron chi connectivity index (χ3n) is 3.68. The number of nitrogens with one attached hydrogen (secondary N) is 1. The van der Waals surface area contributed by atoms with Gasteiger partial charge in [0.2, 0.25) is 0 Å². The van der Waals surface area contributed by atoms with E-state index in [2.05, 4.69) is 45.3 Å². The second-order valence-corrected chi connectivity index (χ2v) is 7.37. The van der Waals surface area contributed by atoms with Crippen molar-refractivity contribution in [2.45, 2.75) is 6.61 Å². The minimum absolute atomic E-state index is 0.291. The van der Waals surface area contributed by atoms with Crippen molar-refractivity contribution in [2.75, 3.05) is 0 Å². The molecule has 0 aliphatic rings. The summed E-state index contributed by atoms with van der Waals surface area (Å²) >= 11 is 8.08. The predicted octanol–water partition coefficient (Wildman–Crippen LogP) is 5.29. The minimum Gasteiger partial charge on any atom is -0.489 e. The summed E-state index contributed by atoms with van der Waals surface area (Å²) in [4.78, 5) is 12.0. The van der Waals surface area contributed by atoms with Gasteiger partial charge in [0, 0.05) is 14.2 Å². The van der Waals surface area contributed by atoms with Crippen molar-refractivity contribution in [3.8, 4) is 5.75 Å². The number of halogens is 2. The van der Waals surface area contributed by atoms with Crippen molar-refractivity contribution in [3.63, 3.8) is 0 Å². The molecule has 0 aromatic heterocycles. The summed E-state index contributed by atoms with van der Waals surface area (Å²) < 4.78 is 6.97. The Morgan fingerprint density at radius 2 is 1.67 bits per heavy atom. The number of amides is 1. The number of hydrogen-bond acceptors (Lipinski definition) is 3. The van der Waals surface area contributed by atoms with Gasteiger partial charge in [0.15, 0.2) is 0 Å². The van der Waals surface area contributed by atoms with Gasteiger partial charge in [-0.15, -0.1) is 0 Å². The Morgan fingerprint density at radius 1 is 1.00 bits per heavy atom. The van der Waals surface area contributed by atoms with E-state index in [-0.39, 0.29) is 5.91 Å². The highest BCUT2D eigenvalue weighted by atomic mass is 127. The summed E-state index contributed by atoms with van der Waals surface area (Å²) in [6, 6.07) is 22.3. The van der Waals surface area contributed by atoms with E-state index in [0.29, 0.717) is 17.2 Å². The number of rotatable bonds is 6. The zero-order chi connectivity index (χ0) is 19.1. The average molecular weight is 491 g/mol. The molecule has 0 bridgehead atoms. The smallest absolute Gasteiger partial charge is 0.271 e. The number of hydrazone groups is 1. The lowest BCUT2D eigenvalue weighted by atomic mass is 10.2. The van der Waals surface area contributed by atoms with Gasteiger partial charge in [0.25, 0.3) is 5.91 Å². The van der Waals surface area contributed by atoms with Crippen molar-refractivity contribution in [1.82, 2.24) is 5.43 Å². The van der Waals surface area contributed by atoms with Crippen LogP contribution in [0.15, 0.2) is 77.9 Å². The molecule has 0 saturated heterocycles. The molecule has 0 aliphatic heterocycles. The molecule has 3 aromatic rings. The Balaban J connectivity index is 1.50. The van der Waals surface area contributed by atoms with Crippen molar-refractivity contribution in [3.05, 3.63) is 98.1 Å². The van der Waals surface area contributed by atoms with Crippen LogP contribution in [0.5, 0.6) is 5.75 Å². The first-order valence-electron chi connectivity index (χ1n) is 8.16. The van der Waals surface area contributed by atoms with Gasteiger partial charge < -0.3 is 4.74 Å². The molecule has 0 unspecified atom stereocenters. The topological polar surface area (TPSA) is 50.7 Å². The lowest BCUT2D eigenvalue weighted by Gasteiger charge is -2.06. The van der Waals surface area contributed by atoms with Crippen molar-refractivity contribution < 1.29 is 9.53 Å². The molecule has 3 rings (SSSR count). The van der Waals surface area contributed by atoms with Crippen LogP contribution in [0, 0.1) is 3.57 Å². The highest BCUT2D eigenvalue weighted by Gasteiger charge is 2.03. The Morgan fingerprint density at radius 3 is 2.33 bits per heavy atom. The van der Waals surface area contributed by atoms with Crippen LogP contribution in [0.1, 0.15) is 21.5 Å². The average Bonchev–Trinajstić information content (AvgIpc) is 2.69. The van der Waals surface area contributed by atoms with Gasteiger partial charge in [0.05, 0.1) is 6.21 Å². The van der Waals surface area contributed by atoms with Gasteiger partial charge in [-0.25, -0.2) is 5.43 Å². The van der Waals surface area contributed by atoms with Crippen molar-refractivity contribution in [2.24, 2.45) is 5.10 Å². The molecular formula is C21H16ClIN2O2. The Hall–Kier alpha value is -2.38. The maximum absolute atomic E-state index is 12.0. The minimum atomic E-state index is -0.291. The molecule has 0 heterocycles. The van der Waals surface area contributed by atoms with E-state index in [4.69, 9.17) is 16.3 Å². The largest absolute Gasteiger partial charge is 0.489 e. The third-order valence-corrected chi connectivity index (χ3v) is 4.66. The van der Waals surface area contributed by atoms with Crippen LogP contribution in [0.4, 0.5) is 0 Å². The standard InChI is InChI=1S/C21H16ClIN2O2/c22-18-7-5-17(6-8-18)21(26)25-24-13-15-3-11-20(12-4-15)27-14-16-1-9-19(23)10-2-16/h1-13H,14H2,(H,25,26)/b24-13-. The van der Waals surface area contributed by atoms with Crippen LogP contribution >= 0.6 is 34.2 Å². The fourth-order valence-electron chi connectivity index (χ4n) is 2.23. The molecular weight excluding hydrogens is 475 g/mol. The SMILES string of the molecule is O=C(N/N=C\c1ccc(OCc2ccc(I)cc2)cc1)c1ccc(Cl)cc1. The summed E-state index contributed by atoms with van der Waals surface area (Å²) in [6.07, 6.45) is 1.58. The lowest BCUT2D eigenvalue weighted by Crippen LogP contribution is -2.17. The number of ether oxygens (including phenoxy) is 1. The molecule has 0 saturated carbocycles. The summed E-state index contributed by atoms with van der Waals surface area (Å²) in [5.74, 6) is 0.483. The van der Waals surface area contributed by atoms with Crippen LogP contribution in [0.25, 0.3) is 0 Å². The Bertz CT molecular complexity index is 924. The Labute approximate surface area is 176 Å². The molecule has 0 atom stereocenters. The second kappa shape index (κ2) is 9.53. The van der Waals surface area contributed by atoms with Crippen LogP contribution in [0.3, 0.4) is 0 Å². The monoisotopic (exact) mass is 490 g/mol. The predicted molar refractivity (Wildman–Crippen MR) is 116 cm³/mol. The van der Waals surface area contributed by atoms with E-state index in [0.717, 1.165) is 16.9 Å². The van der Waals surface area contributed by atoms with Crippen LogP contribution in [0.2, 0.25) is 5.02 Å². The summed E-state index contributed by atoms with van der Waals surface area (Å²) in [5.41, 5.74) is 4.96. The Kier molecular flexibility index (Phi) is 6.84. The zero-order valence-electron chi connectivity index (χ0n) is 14.2. The summed E-state index contributed by atoms with van der Waals surface area (Å²) in [7, 11) is 0. The molecule has 4 nitrogen and oxygen atoms in total. The molecule has 0 aliphatic carbocycles. The number of hydrogen-bond donors (Lipinski definition) is 1. The van der Waals surface area contributed by atoms with E-state index in [1.165, 1.54) is 3.57 Å².